The van der Waals surface area contributed by atoms with Gasteiger partial charge in [0, 0.05) is 24.3 Å². The second-order valence-electron chi connectivity index (χ2n) is 6.42. The Morgan fingerprint density at radius 3 is 2.70 bits per heavy atom. The maximum Gasteiger partial charge on any atom is 0.211 e. The van der Waals surface area contributed by atoms with E-state index in [1.54, 1.807) is 22.5 Å². The van der Waals surface area contributed by atoms with E-state index < -0.39 is 10.0 Å². The van der Waals surface area contributed by atoms with Gasteiger partial charge in [0.05, 0.1) is 16.8 Å². The first-order chi connectivity index (χ1) is 10.7. The Balaban J connectivity index is 2.21. The summed E-state index contributed by atoms with van der Waals surface area (Å²) in [6.07, 6.45) is 2.82. The zero-order valence-electron chi connectivity index (χ0n) is 13.6. The number of hydrogen-bond donors (Lipinski definition) is 1. The molecular weight excluding hydrogens is 334 g/mol. The van der Waals surface area contributed by atoms with E-state index in [0.717, 1.165) is 18.5 Å². The van der Waals surface area contributed by atoms with Crippen molar-refractivity contribution in [1.29, 1.82) is 5.26 Å². The molecule has 1 fully saturated rings. The molecule has 0 aliphatic carbocycles. The topological polar surface area (TPSA) is 73.2 Å². The monoisotopic (exact) mass is 355 g/mol. The number of halogens is 1. The maximum atomic E-state index is 12.0. The molecule has 2 rings (SSSR count). The van der Waals surface area contributed by atoms with Crippen LogP contribution in [0.25, 0.3) is 0 Å². The fraction of sp³-hybridized carbons (Fsp3) is 0.562. The van der Waals surface area contributed by atoms with E-state index in [1.807, 2.05) is 6.07 Å². The van der Waals surface area contributed by atoms with Crippen LogP contribution in [0.15, 0.2) is 18.2 Å². The summed E-state index contributed by atoms with van der Waals surface area (Å²) in [6, 6.07) is 7.19. The van der Waals surface area contributed by atoms with Gasteiger partial charge in [-0.3, -0.25) is 0 Å². The summed E-state index contributed by atoms with van der Waals surface area (Å²) in [5, 5.41) is 12.7. The molecule has 0 amide bonds. The van der Waals surface area contributed by atoms with Crippen LogP contribution in [0.2, 0.25) is 5.02 Å². The lowest BCUT2D eigenvalue weighted by Crippen LogP contribution is -2.42. The van der Waals surface area contributed by atoms with Gasteiger partial charge in [0.1, 0.15) is 6.07 Å². The smallest absolute Gasteiger partial charge is 0.211 e. The number of hydrogen-bond acceptors (Lipinski definition) is 4. The minimum atomic E-state index is -3.22. The third-order valence-corrected chi connectivity index (χ3v) is 5.69. The summed E-state index contributed by atoms with van der Waals surface area (Å²) < 4.78 is 25.6. The first-order valence-corrected chi connectivity index (χ1v) is 9.88. The predicted molar refractivity (Wildman–Crippen MR) is 93.0 cm³/mol. The Bertz CT molecular complexity index is 713. The molecule has 126 valence electrons. The molecule has 0 aromatic heterocycles. The molecule has 0 bridgehead atoms. The van der Waals surface area contributed by atoms with Crippen LogP contribution in [0.1, 0.15) is 32.3 Å². The number of rotatable bonds is 5. The standard InChI is InChI=1S/C16H22ClN3O2S/c1-11(2)8-16-15(6-7-20(16)23(3,21)22)19-13-5-4-12(10-18)14(17)9-13/h4-5,9,11,15-16,19H,6-8H2,1-3H3/t15-,16?/m0/s1. The van der Waals surface area contributed by atoms with E-state index in [9.17, 15) is 8.42 Å². The van der Waals surface area contributed by atoms with Gasteiger partial charge in [-0.1, -0.05) is 25.4 Å². The predicted octanol–water partition coefficient (Wildman–Crippen LogP) is 3.07. The number of sulfonamides is 1. The minimum absolute atomic E-state index is 0.0381. The molecule has 23 heavy (non-hydrogen) atoms. The van der Waals surface area contributed by atoms with Crippen molar-refractivity contribution in [2.45, 2.75) is 38.8 Å². The lowest BCUT2D eigenvalue weighted by molar-refractivity contribution is 0.329. The van der Waals surface area contributed by atoms with Gasteiger partial charge in [-0.15, -0.1) is 0 Å². The van der Waals surface area contributed by atoms with Gasteiger partial charge in [0.25, 0.3) is 0 Å². The van der Waals surface area contributed by atoms with Crippen LogP contribution in [-0.2, 0) is 10.0 Å². The molecule has 1 unspecified atom stereocenters. The number of benzene rings is 1. The third kappa shape index (κ3) is 4.37. The van der Waals surface area contributed by atoms with Crippen molar-refractivity contribution in [3.05, 3.63) is 28.8 Å². The molecule has 1 aromatic carbocycles. The number of nitriles is 1. The maximum absolute atomic E-state index is 12.0. The SMILES string of the molecule is CC(C)CC1[C@@H](Nc2ccc(C#N)c(Cl)c2)CCN1S(C)(=O)=O. The van der Waals surface area contributed by atoms with Crippen molar-refractivity contribution in [2.75, 3.05) is 18.1 Å². The van der Waals surface area contributed by atoms with Gasteiger partial charge < -0.3 is 5.32 Å². The highest BCUT2D eigenvalue weighted by molar-refractivity contribution is 7.88. The lowest BCUT2D eigenvalue weighted by Gasteiger charge is -2.29. The Hall–Kier alpha value is -1.29. The van der Waals surface area contributed by atoms with Crippen LogP contribution in [0.4, 0.5) is 5.69 Å². The van der Waals surface area contributed by atoms with Gasteiger partial charge in [-0.2, -0.15) is 9.57 Å². The Morgan fingerprint density at radius 2 is 2.17 bits per heavy atom. The summed E-state index contributed by atoms with van der Waals surface area (Å²) in [4.78, 5) is 0. The fourth-order valence-electron chi connectivity index (χ4n) is 3.08. The van der Waals surface area contributed by atoms with E-state index in [-0.39, 0.29) is 12.1 Å². The molecule has 0 spiro atoms. The Kier molecular flexibility index (Phi) is 5.56. The second-order valence-corrected chi connectivity index (χ2v) is 8.76. The van der Waals surface area contributed by atoms with Crippen LogP contribution < -0.4 is 5.32 Å². The number of nitrogens with zero attached hydrogens (tertiary/aromatic N) is 2. The van der Waals surface area contributed by atoms with E-state index in [1.165, 1.54) is 6.26 Å². The summed E-state index contributed by atoms with van der Waals surface area (Å²) in [7, 11) is -3.22. The van der Waals surface area contributed by atoms with Crippen molar-refractivity contribution < 1.29 is 8.42 Å². The lowest BCUT2D eigenvalue weighted by atomic mass is 9.98. The van der Waals surface area contributed by atoms with Crippen LogP contribution in [0.3, 0.4) is 0 Å². The quantitative estimate of drug-likeness (QED) is 0.880. The summed E-state index contributed by atoms with van der Waals surface area (Å²) in [6.45, 7) is 4.71. The van der Waals surface area contributed by atoms with Gasteiger partial charge in [-0.05, 0) is 37.0 Å². The Morgan fingerprint density at radius 1 is 1.48 bits per heavy atom. The van der Waals surface area contributed by atoms with Crippen molar-refractivity contribution in [3.63, 3.8) is 0 Å². The highest BCUT2D eigenvalue weighted by Crippen LogP contribution is 2.30. The summed E-state index contributed by atoms with van der Waals surface area (Å²) in [5.74, 6) is 0.399. The van der Waals surface area contributed by atoms with Gasteiger partial charge >= 0.3 is 0 Å². The summed E-state index contributed by atoms with van der Waals surface area (Å²) >= 11 is 6.07. The number of anilines is 1. The first kappa shape index (κ1) is 18.1. The van der Waals surface area contributed by atoms with Crippen LogP contribution in [0, 0.1) is 17.2 Å². The van der Waals surface area contributed by atoms with Crippen molar-refractivity contribution in [1.82, 2.24) is 4.31 Å². The number of nitrogens with one attached hydrogen (secondary N) is 1. The van der Waals surface area contributed by atoms with Crippen LogP contribution in [-0.4, -0.2) is 37.6 Å². The molecule has 0 radical (unpaired) electrons. The molecule has 1 saturated heterocycles. The van der Waals surface area contributed by atoms with E-state index in [4.69, 9.17) is 16.9 Å². The van der Waals surface area contributed by atoms with Crippen LogP contribution >= 0.6 is 11.6 Å². The van der Waals surface area contributed by atoms with E-state index >= 15 is 0 Å². The average Bonchev–Trinajstić information content (AvgIpc) is 2.81. The zero-order valence-corrected chi connectivity index (χ0v) is 15.2. The van der Waals surface area contributed by atoms with Crippen molar-refractivity contribution >= 4 is 27.3 Å². The normalized spacial score (nSPS) is 22.3. The molecule has 2 atom stereocenters. The zero-order chi connectivity index (χ0) is 17.2. The van der Waals surface area contributed by atoms with Gasteiger partial charge in [0.2, 0.25) is 10.0 Å². The largest absolute Gasteiger partial charge is 0.381 e. The molecule has 1 aliphatic rings. The highest BCUT2D eigenvalue weighted by atomic mass is 35.5. The highest BCUT2D eigenvalue weighted by Gasteiger charge is 2.39. The molecular formula is C16H22ClN3O2S. The van der Waals surface area contributed by atoms with Gasteiger partial charge in [-0.25, -0.2) is 8.42 Å². The molecule has 1 aliphatic heterocycles. The molecule has 5 nitrogen and oxygen atoms in total. The molecule has 1 N–H and O–H groups in total. The van der Waals surface area contributed by atoms with Crippen molar-refractivity contribution in [2.24, 2.45) is 5.92 Å². The molecule has 0 saturated carbocycles. The Labute approximate surface area is 143 Å². The molecule has 1 heterocycles. The minimum Gasteiger partial charge on any atom is -0.381 e. The summed E-state index contributed by atoms with van der Waals surface area (Å²) in [5.41, 5.74) is 1.24. The third-order valence-electron chi connectivity index (χ3n) is 4.08. The fourth-order valence-corrected chi connectivity index (χ4v) is 4.46. The van der Waals surface area contributed by atoms with Gasteiger partial charge in [0.15, 0.2) is 0 Å². The first-order valence-electron chi connectivity index (χ1n) is 7.65. The molecule has 1 aromatic rings. The van der Waals surface area contributed by atoms with E-state index in [2.05, 4.69) is 19.2 Å². The van der Waals surface area contributed by atoms with Crippen molar-refractivity contribution in [3.8, 4) is 6.07 Å². The van der Waals surface area contributed by atoms with E-state index in [0.29, 0.717) is 23.0 Å². The second kappa shape index (κ2) is 7.08. The average molecular weight is 356 g/mol. The van der Waals surface area contributed by atoms with Crippen LogP contribution in [0.5, 0.6) is 0 Å². The molecule has 7 heteroatoms.